The van der Waals surface area contributed by atoms with Gasteiger partial charge < -0.3 is 5.73 Å². The fourth-order valence-electron chi connectivity index (χ4n) is 1.24. The predicted octanol–water partition coefficient (Wildman–Crippen LogP) is 1.09. The van der Waals surface area contributed by atoms with Crippen LogP contribution in [0.3, 0.4) is 0 Å². The zero-order valence-corrected chi connectivity index (χ0v) is 6.57. The molecule has 1 aromatic carbocycles. The summed E-state index contributed by atoms with van der Waals surface area (Å²) in [6.07, 6.45) is 3.34. The van der Waals surface area contributed by atoms with Gasteiger partial charge in [0.15, 0.2) is 0 Å². The molecule has 3 heteroatoms. The zero-order valence-electron chi connectivity index (χ0n) is 6.57. The molecule has 0 aliphatic rings. The van der Waals surface area contributed by atoms with Crippen molar-refractivity contribution < 1.29 is 0 Å². The zero-order chi connectivity index (χ0) is 8.39. The predicted molar refractivity (Wildman–Crippen MR) is 47.4 cm³/mol. The summed E-state index contributed by atoms with van der Waals surface area (Å²) in [5.41, 5.74) is 7.57. The molecule has 1 aromatic heterocycles. The standard InChI is InChI=1S/C9H9N3/c10-4-7-2-1-3-8-5-11-6-12-9(7)8/h1-3,5-6H,4,10H2. The van der Waals surface area contributed by atoms with Crippen molar-refractivity contribution in [3.05, 3.63) is 36.3 Å². The van der Waals surface area contributed by atoms with E-state index in [1.165, 1.54) is 0 Å². The Bertz CT molecular complexity index is 392. The molecule has 0 fully saturated rings. The lowest BCUT2D eigenvalue weighted by Gasteiger charge is -2.00. The van der Waals surface area contributed by atoms with Gasteiger partial charge in [-0.3, -0.25) is 0 Å². The Labute approximate surface area is 70.3 Å². The van der Waals surface area contributed by atoms with Crippen LogP contribution in [0.25, 0.3) is 10.9 Å². The van der Waals surface area contributed by atoms with Crippen molar-refractivity contribution in [1.29, 1.82) is 0 Å². The summed E-state index contributed by atoms with van der Waals surface area (Å²) in [5.74, 6) is 0. The maximum absolute atomic E-state index is 5.56. The van der Waals surface area contributed by atoms with E-state index in [4.69, 9.17) is 5.73 Å². The molecule has 0 spiro atoms. The van der Waals surface area contributed by atoms with Crippen molar-refractivity contribution >= 4 is 10.9 Å². The van der Waals surface area contributed by atoms with Crippen LogP contribution in [-0.2, 0) is 6.54 Å². The summed E-state index contributed by atoms with van der Waals surface area (Å²) in [7, 11) is 0. The number of fused-ring (bicyclic) bond motifs is 1. The van der Waals surface area contributed by atoms with E-state index < -0.39 is 0 Å². The number of nitrogens with two attached hydrogens (primary N) is 1. The molecule has 2 rings (SSSR count). The molecule has 0 aliphatic heterocycles. The Hall–Kier alpha value is -1.48. The van der Waals surface area contributed by atoms with E-state index in [-0.39, 0.29) is 0 Å². The van der Waals surface area contributed by atoms with Crippen molar-refractivity contribution in [3.63, 3.8) is 0 Å². The van der Waals surface area contributed by atoms with Gasteiger partial charge in [0.05, 0.1) is 5.52 Å². The molecular weight excluding hydrogens is 150 g/mol. The molecule has 0 aliphatic carbocycles. The molecule has 0 amide bonds. The van der Waals surface area contributed by atoms with E-state index in [2.05, 4.69) is 9.97 Å². The van der Waals surface area contributed by atoms with Crippen LogP contribution >= 0.6 is 0 Å². The molecule has 0 radical (unpaired) electrons. The smallest absolute Gasteiger partial charge is 0.116 e. The first-order valence-electron chi connectivity index (χ1n) is 3.79. The van der Waals surface area contributed by atoms with Crippen molar-refractivity contribution in [2.45, 2.75) is 6.54 Å². The molecule has 0 saturated carbocycles. The summed E-state index contributed by atoms with van der Waals surface area (Å²) in [4.78, 5) is 8.10. The van der Waals surface area contributed by atoms with Gasteiger partial charge >= 0.3 is 0 Å². The van der Waals surface area contributed by atoms with Gasteiger partial charge in [-0.15, -0.1) is 0 Å². The van der Waals surface area contributed by atoms with Crippen LogP contribution in [0.15, 0.2) is 30.7 Å². The van der Waals surface area contributed by atoms with E-state index in [0.29, 0.717) is 6.54 Å². The second-order valence-corrected chi connectivity index (χ2v) is 2.58. The van der Waals surface area contributed by atoms with Crippen LogP contribution in [-0.4, -0.2) is 9.97 Å². The molecule has 3 nitrogen and oxygen atoms in total. The van der Waals surface area contributed by atoms with Crippen molar-refractivity contribution in [2.24, 2.45) is 5.73 Å². The first kappa shape index (κ1) is 7.18. The van der Waals surface area contributed by atoms with Gasteiger partial charge in [0, 0.05) is 18.1 Å². The Morgan fingerprint density at radius 3 is 3.08 bits per heavy atom. The maximum atomic E-state index is 5.56. The number of para-hydroxylation sites is 1. The lowest BCUT2D eigenvalue weighted by atomic mass is 10.1. The molecule has 0 bridgehead atoms. The Balaban J connectivity index is 2.79. The van der Waals surface area contributed by atoms with E-state index >= 15 is 0 Å². The SMILES string of the molecule is NCc1cccc2cncnc12. The highest BCUT2D eigenvalue weighted by Gasteiger charge is 1.98. The maximum Gasteiger partial charge on any atom is 0.116 e. The van der Waals surface area contributed by atoms with E-state index in [9.17, 15) is 0 Å². The number of hydrogen-bond acceptors (Lipinski definition) is 3. The first-order chi connectivity index (χ1) is 5.92. The third kappa shape index (κ3) is 1.04. The van der Waals surface area contributed by atoms with Crippen LogP contribution in [0.1, 0.15) is 5.56 Å². The van der Waals surface area contributed by atoms with Crippen molar-refractivity contribution in [3.8, 4) is 0 Å². The fourth-order valence-corrected chi connectivity index (χ4v) is 1.24. The minimum absolute atomic E-state index is 0.522. The number of rotatable bonds is 1. The Morgan fingerprint density at radius 1 is 1.33 bits per heavy atom. The number of aromatic nitrogens is 2. The molecule has 60 valence electrons. The number of nitrogens with zero attached hydrogens (tertiary/aromatic N) is 2. The minimum atomic E-state index is 0.522. The minimum Gasteiger partial charge on any atom is -0.326 e. The summed E-state index contributed by atoms with van der Waals surface area (Å²) >= 11 is 0. The van der Waals surface area contributed by atoms with Crippen molar-refractivity contribution in [1.82, 2.24) is 9.97 Å². The van der Waals surface area contributed by atoms with Crippen molar-refractivity contribution in [2.75, 3.05) is 0 Å². The molecule has 0 unspecified atom stereocenters. The average molecular weight is 159 g/mol. The van der Waals surface area contributed by atoms with E-state index in [1.54, 1.807) is 12.5 Å². The largest absolute Gasteiger partial charge is 0.326 e. The lowest BCUT2D eigenvalue weighted by Crippen LogP contribution is -1.98. The first-order valence-corrected chi connectivity index (χ1v) is 3.79. The molecule has 2 aromatic rings. The topological polar surface area (TPSA) is 51.8 Å². The Morgan fingerprint density at radius 2 is 2.25 bits per heavy atom. The third-order valence-corrected chi connectivity index (χ3v) is 1.84. The van der Waals surface area contributed by atoms with Crippen LogP contribution in [0.2, 0.25) is 0 Å². The quantitative estimate of drug-likeness (QED) is 0.677. The highest BCUT2D eigenvalue weighted by molar-refractivity contribution is 5.80. The normalized spacial score (nSPS) is 10.4. The van der Waals surface area contributed by atoms with Crippen LogP contribution in [0.5, 0.6) is 0 Å². The van der Waals surface area contributed by atoms with Gasteiger partial charge in [-0.25, -0.2) is 9.97 Å². The molecule has 12 heavy (non-hydrogen) atoms. The van der Waals surface area contributed by atoms with Gasteiger partial charge in [-0.2, -0.15) is 0 Å². The van der Waals surface area contributed by atoms with Crippen LogP contribution in [0, 0.1) is 0 Å². The highest BCUT2D eigenvalue weighted by atomic mass is 14.8. The third-order valence-electron chi connectivity index (χ3n) is 1.84. The Kier molecular flexibility index (Phi) is 1.72. The van der Waals surface area contributed by atoms with Gasteiger partial charge in [-0.05, 0) is 5.56 Å². The molecule has 0 saturated heterocycles. The second-order valence-electron chi connectivity index (χ2n) is 2.58. The van der Waals surface area contributed by atoms with Crippen LogP contribution < -0.4 is 5.73 Å². The summed E-state index contributed by atoms with van der Waals surface area (Å²) < 4.78 is 0. The molecule has 0 atom stereocenters. The van der Waals surface area contributed by atoms with Gasteiger partial charge in [-0.1, -0.05) is 18.2 Å². The van der Waals surface area contributed by atoms with Crippen LogP contribution in [0.4, 0.5) is 0 Å². The number of hydrogen-bond donors (Lipinski definition) is 1. The highest BCUT2D eigenvalue weighted by Crippen LogP contribution is 2.13. The van der Waals surface area contributed by atoms with E-state index in [0.717, 1.165) is 16.5 Å². The average Bonchev–Trinajstić information content (AvgIpc) is 2.17. The summed E-state index contributed by atoms with van der Waals surface area (Å²) in [6.45, 7) is 0.522. The van der Waals surface area contributed by atoms with Gasteiger partial charge in [0.25, 0.3) is 0 Å². The molecule has 2 N–H and O–H groups in total. The summed E-state index contributed by atoms with van der Waals surface area (Å²) in [5, 5.41) is 1.04. The molecule has 1 heterocycles. The number of benzene rings is 1. The fraction of sp³-hybridized carbons (Fsp3) is 0.111. The van der Waals surface area contributed by atoms with Gasteiger partial charge in [0.1, 0.15) is 6.33 Å². The monoisotopic (exact) mass is 159 g/mol. The van der Waals surface area contributed by atoms with Gasteiger partial charge in [0.2, 0.25) is 0 Å². The summed E-state index contributed by atoms with van der Waals surface area (Å²) in [6, 6.07) is 5.93. The molecular formula is C9H9N3. The lowest BCUT2D eigenvalue weighted by molar-refractivity contribution is 1.07. The van der Waals surface area contributed by atoms with E-state index in [1.807, 2.05) is 18.2 Å². The second kappa shape index (κ2) is 2.87.